The van der Waals surface area contributed by atoms with Gasteiger partial charge in [-0.1, -0.05) is 13.8 Å². The minimum atomic E-state index is 0.472. The Balaban J connectivity index is 1.59. The Labute approximate surface area is 118 Å². The molecule has 2 unspecified atom stereocenters. The van der Waals surface area contributed by atoms with Gasteiger partial charge in [0.2, 0.25) is 0 Å². The summed E-state index contributed by atoms with van der Waals surface area (Å²) >= 11 is 0. The molecule has 0 saturated carbocycles. The van der Waals surface area contributed by atoms with E-state index in [4.69, 9.17) is 0 Å². The molecule has 3 heteroatoms. The van der Waals surface area contributed by atoms with Crippen molar-refractivity contribution in [2.45, 2.75) is 58.0 Å². The van der Waals surface area contributed by atoms with Crippen molar-refractivity contribution in [2.24, 2.45) is 5.41 Å². The highest BCUT2D eigenvalue weighted by Gasteiger charge is 2.35. The number of hydrogen-bond donors (Lipinski definition) is 1. The molecule has 0 amide bonds. The molecule has 0 bridgehead atoms. The van der Waals surface area contributed by atoms with Crippen LogP contribution >= 0.6 is 0 Å². The molecule has 3 heterocycles. The van der Waals surface area contributed by atoms with Crippen molar-refractivity contribution in [2.75, 3.05) is 39.3 Å². The SMILES string of the molecule is CC1(C)CCCNC1CN1CCCN2CCCC2C1. The van der Waals surface area contributed by atoms with Gasteiger partial charge in [-0.15, -0.1) is 0 Å². The number of hydrogen-bond acceptors (Lipinski definition) is 3. The van der Waals surface area contributed by atoms with Crippen molar-refractivity contribution in [3.63, 3.8) is 0 Å². The quantitative estimate of drug-likeness (QED) is 0.823. The van der Waals surface area contributed by atoms with E-state index >= 15 is 0 Å². The summed E-state index contributed by atoms with van der Waals surface area (Å²) in [6.07, 6.45) is 6.95. The molecule has 19 heavy (non-hydrogen) atoms. The van der Waals surface area contributed by atoms with Crippen LogP contribution in [0.1, 0.15) is 46.0 Å². The molecule has 1 N–H and O–H groups in total. The van der Waals surface area contributed by atoms with Gasteiger partial charge >= 0.3 is 0 Å². The van der Waals surface area contributed by atoms with Gasteiger partial charge in [0.25, 0.3) is 0 Å². The van der Waals surface area contributed by atoms with Crippen LogP contribution in [0.2, 0.25) is 0 Å². The average Bonchev–Trinajstić information content (AvgIpc) is 2.71. The Morgan fingerprint density at radius 1 is 1.11 bits per heavy atom. The molecule has 0 aromatic heterocycles. The van der Waals surface area contributed by atoms with Gasteiger partial charge < -0.3 is 10.2 Å². The molecule has 0 aliphatic carbocycles. The summed E-state index contributed by atoms with van der Waals surface area (Å²) in [7, 11) is 0. The summed E-state index contributed by atoms with van der Waals surface area (Å²) in [6.45, 7) is 12.7. The summed E-state index contributed by atoms with van der Waals surface area (Å²) in [4.78, 5) is 5.49. The number of nitrogens with zero attached hydrogens (tertiary/aromatic N) is 2. The van der Waals surface area contributed by atoms with E-state index in [0.29, 0.717) is 11.5 Å². The van der Waals surface area contributed by atoms with Crippen LogP contribution in [0, 0.1) is 5.41 Å². The zero-order chi connectivity index (χ0) is 13.3. The minimum Gasteiger partial charge on any atom is -0.312 e. The lowest BCUT2D eigenvalue weighted by Gasteiger charge is -2.42. The molecule has 3 nitrogen and oxygen atoms in total. The largest absolute Gasteiger partial charge is 0.312 e. The molecule has 3 fully saturated rings. The second-order valence-corrected chi connectivity index (χ2v) is 7.54. The van der Waals surface area contributed by atoms with Crippen LogP contribution in [0.4, 0.5) is 0 Å². The number of fused-ring (bicyclic) bond motifs is 1. The van der Waals surface area contributed by atoms with Crippen molar-refractivity contribution >= 4 is 0 Å². The molecule has 3 aliphatic heterocycles. The van der Waals surface area contributed by atoms with E-state index in [0.717, 1.165) is 6.04 Å². The Bertz CT molecular complexity index is 302. The smallest absolute Gasteiger partial charge is 0.0246 e. The molecular weight excluding hydrogens is 234 g/mol. The van der Waals surface area contributed by atoms with E-state index in [1.165, 1.54) is 71.4 Å². The molecule has 0 aromatic carbocycles. The monoisotopic (exact) mass is 265 g/mol. The van der Waals surface area contributed by atoms with Gasteiger partial charge in [0.15, 0.2) is 0 Å². The molecular formula is C16H31N3. The van der Waals surface area contributed by atoms with Crippen LogP contribution < -0.4 is 5.32 Å². The first kappa shape index (κ1) is 13.8. The Morgan fingerprint density at radius 2 is 1.95 bits per heavy atom. The van der Waals surface area contributed by atoms with Gasteiger partial charge in [0.05, 0.1) is 0 Å². The second-order valence-electron chi connectivity index (χ2n) is 7.54. The number of nitrogens with one attached hydrogen (secondary N) is 1. The van der Waals surface area contributed by atoms with E-state index in [1.54, 1.807) is 0 Å². The summed E-state index contributed by atoms with van der Waals surface area (Å²) in [5, 5.41) is 3.78. The first-order valence-electron chi connectivity index (χ1n) is 8.35. The van der Waals surface area contributed by atoms with E-state index in [1.807, 2.05) is 0 Å². The fourth-order valence-electron chi connectivity index (χ4n) is 4.29. The van der Waals surface area contributed by atoms with Crippen LogP contribution in [0.15, 0.2) is 0 Å². The molecule has 0 spiro atoms. The maximum atomic E-state index is 3.78. The third-order valence-electron chi connectivity index (χ3n) is 5.66. The lowest BCUT2D eigenvalue weighted by atomic mass is 9.77. The van der Waals surface area contributed by atoms with Crippen molar-refractivity contribution in [3.8, 4) is 0 Å². The predicted octanol–water partition coefficient (Wildman–Crippen LogP) is 1.93. The van der Waals surface area contributed by atoms with Crippen LogP contribution in [0.25, 0.3) is 0 Å². The van der Waals surface area contributed by atoms with Crippen molar-refractivity contribution in [3.05, 3.63) is 0 Å². The lowest BCUT2D eigenvalue weighted by molar-refractivity contribution is 0.121. The number of piperidine rings is 1. The van der Waals surface area contributed by atoms with Crippen LogP contribution in [0.5, 0.6) is 0 Å². The zero-order valence-corrected chi connectivity index (χ0v) is 12.8. The van der Waals surface area contributed by atoms with Crippen LogP contribution in [0.3, 0.4) is 0 Å². The summed E-state index contributed by atoms with van der Waals surface area (Å²) in [5.74, 6) is 0. The first-order valence-corrected chi connectivity index (χ1v) is 8.35. The highest BCUT2D eigenvalue weighted by atomic mass is 15.3. The standard InChI is InChI=1S/C16H31N3/c1-16(2)7-4-8-17-15(16)13-18-9-5-11-19-10-3-6-14(19)12-18/h14-15,17H,3-13H2,1-2H3. The highest BCUT2D eigenvalue weighted by molar-refractivity contribution is 4.92. The first-order chi connectivity index (χ1) is 9.15. The molecule has 110 valence electrons. The molecule has 3 aliphatic rings. The van der Waals surface area contributed by atoms with Crippen LogP contribution in [-0.4, -0.2) is 61.2 Å². The fourth-order valence-corrected chi connectivity index (χ4v) is 4.29. The topological polar surface area (TPSA) is 18.5 Å². The molecule has 2 atom stereocenters. The normalized spacial score (nSPS) is 36.9. The Morgan fingerprint density at radius 3 is 2.79 bits per heavy atom. The van der Waals surface area contributed by atoms with Gasteiger partial charge in [-0.3, -0.25) is 4.90 Å². The van der Waals surface area contributed by atoms with Gasteiger partial charge in [-0.05, 0) is 63.7 Å². The van der Waals surface area contributed by atoms with Crippen LogP contribution in [-0.2, 0) is 0 Å². The average molecular weight is 265 g/mol. The lowest BCUT2D eigenvalue weighted by Crippen LogP contribution is -2.53. The summed E-state index contributed by atoms with van der Waals surface area (Å²) in [5.41, 5.74) is 0.472. The molecule has 3 saturated heterocycles. The second kappa shape index (κ2) is 5.71. The van der Waals surface area contributed by atoms with E-state index in [-0.39, 0.29) is 0 Å². The zero-order valence-electron chi connectivity index (χ0n) is 12.8. The molecule has 0 aromatic rings. The van der Waals surface area contributed by atoms with Gasteiger partial charge in [0, 0.05) is 25.2 Å². The van der Waals surface area contributed by atoms with Gasteiger partial charge in [-0.2, -0.15) is 0 Å². The Hall–Kier alpha value is -0.120. The third kappa shape index (κ3) is 3.14. The van der Waals surface area contributed by atoms with Gasteiger partial charge in [0.1, 0.15) is 0 Å². The van der Waals surface area contributed by atoms with E-state index in [2.05, 4.69) is 29.0 Å². The highest BCUT2D eigenvalue weighted by Crippen LogP contribution is 2.31. The fraction of sp³-hybridized carbons (Fsp3) is 1.00. The summed E-state index contributed by atoms with van der Waals surface area (Å²) in [6, 6.07) is 1.54. The maximum Gasteiger partial charge on any atom is 0.0246 e. The molecule has 3 rings (SSSR count). The minimum absolute atomic E-state index is 0.472. The molecule has 0 radical (unpaired) electrons. The van der Waals surface area contributed by atoms with E-state index in [9.17, 15) is 0 Å². The van der Waals surface area contributed by atoms with Crippen molar-refractivity contribution in [1.82, 2.24) is 15.1 Å². The van der Waals surface area contributed by atoms with Crippen molar-refractivity contribution in [1.29, 1.82) is 0 Å². The van der Waals surface area contributed by atoms with E-state index < -0.39 is 0 Å². The predicted molar refractivity (Wildman–Crippen MR) is 80.5 cm³/mol. The van der Waals surface area contributed by atoms with Gasteiger partial charge in [-0.25, -0.2) is 0 Å². The Kier molecular flexibility index (Phi) is 4.16. The third-order valence-corrected chi connectivity index (χ3v) is 5.66. The maximum absolute atomic E-state index is 3.78. The van der Waals surface area contributed by atoms with Crippen molar-refractivity contribution < 1.29 is 0 Å². The number of rotatable bonds is 2. The summed E-state index contributed by atoms with van der Waals surface area (Å²) < 4.78 is 0.